The predicted molar refractivity (Wildman–Crippen MR) is 76.8 cm³/mol. The minimum atomic E-state index is -0.293. The van der Waals surface area contributed by atoms with Crippen molar-refractivity contribution < 1.29 is 9.18 Å². The Morgan fingerprint density at radius 1 is 1.35 bits per heavy atom. The Balaban J connectivity index is 2.23. The van der Waals surface area contributed by atoms with Gasteiger partial charge in [-0.1, -0.05) is 13.3 Å². The number of aromatic nitrogens is 2. The topological polar surface area (TPSA) is 46.9 Å². The Kier molecular flexibility index (Phi) is 4.50. The first-order chi connectivity index (χ1) is 9.61. The second-order valence-corrected chi connectivity index (χ2v) is 4.71. The Bertz CT molecular complexity index is 590. The fraction of sp³-hybridized carbons (Fsp3) is 0.333. The number of aryl methyl sites for hydroxylation is 1. The van der Waals surface area contributed by atoms with Crippen LogP contribution in [0, 0.1) is 5.82 Å². The molecule has 0 aliphatic heterocycles. The second-order valence-electron chi connectivity index (χ2n) is 4.71. The molecule has 0 spiro atoms. The normalized spacial score (nSPS) is 10.6. The van der Waals surface area contributed by atoms with Crippen LogP contribution in [0.3, 0.4) is 0 Å². The van der Waals surface area contributed by atoms with Crippen molar-refractivity contribution >= 4 is 11.7 Å². The average molecular weight is 275 g/mol. The molecular formula is C15H18FN3O. The van der Waals surface area contributed by atoms with Crippen molar-refractivity contribution in [1.82, 2.24) is 9.55 Å². The van der Waals surface area contributed by atoms with Gasteiger partial charge in [-0.05, 0) is 30.7 Å². The van der Waals surface area contributed by atoms with E-state index in [2.05, 4.69) is 10.3 Å². The first kappa shape index (κ1) is 14.2. The van der Waals surface area contributed by atoms with Crippen LogP contribution in [0.5, 0.6) is 0 Å². The molecule has 0 fully saturated rings. The third-order valence-electron chi connectivity index (χ3n) is 3.07. The summed E-state index contributed by atoms with van der Waals surface area (Å²) < 4.78 is 14.7. The summed E-state index contributed by atoms with van der Waals surface area (Å²) in [7, 11) is 1.81. The molecule has 0 radical (unpaired) electrons. The first-order valence-electron chi connectivity index (χ1n) is 6.69. The highest BCUT2D eigenvalue weighted by molar-refractivity contribution is 5.93. The van der Waals surface area contributed by atoms with Crippen LogP contribution in [0.2, 0.25) is 0 Å². The smallest absolute Gasteiger partial charge is 0.225 e. The van der Waals surface area contributed by atoms with Crippen LogP contribution >= 0.6 is 0 Å². The third-order valence-corrected chi connectivity index (χ3v) is 3.07. The van der Waals surface area contributed by atoms with Crippen molar-refractivity contribution in [3.05, 3.63) is 36.4 Å². The van der Waals surface area contributed by atoms with Gasteiger partial charge < -0.3 is 9.88 Å². The number of unbranched alkanes of at least 4 members (excludes halogenated alkanes) is 1. The van der Waals surface area contributed by atoms with Gasteiger partial charge in [0, 0.05) is 19.0 Å². The Labute approximate surface area is 117 Å². The average Bonchev–Trinajstić information content (AvgIpc) is 2.79. The monoisotopic (exact) mass is 275 g/mol. The number of nitrogens with zero attached hydrogens (tertiary/aromatic N) is 2. The van der Waals surface area contributed by atoms with Crippen LogP contribution in [0.15, 0.2) is 30.6 Å². The Morgan fingerprint density at radius 2 is 2.05 bits per heavy atom. The quantitative estimate of drug-likeness (QED) is 0.909. The van der Waals surface area contributed by atoms with Gasteiger partial charge in [-0.3, -0.25) is 4.79 Å². The summed E-state index contributed by atoms with van der Waals surface area (Å²) in [6.45, 7) is 2.04. The SMILES string of the molecule is CCCCC(=O)Nc1c(-c2ccc(F)cc2)ncn1C. The maximum absolute atomic E-state index is 13.0. The summed E-state index contributed by atoms with van der Waals surface area (Å²) in [5.74, 6) is 0.315. The molecule has 1 aromatic carbocycles. The van der Waals surface area contributed by atoms with E-state index in [0.717, 1.165) is 18.4 Å². The van der Waals surface area contributed by atoms with Crippen molar-refractivity contribution in [3.63, 3.8) is 0 Å². The predicted octanol–water partition coefficient (Wildman–Crippen LogP) is 3.35. The van der Waals surface area contributed by atoms with E-state index in [-0.39, 0.29) is 11.7 Å². The number of carbonyl (C=O) groups excluding carboxylic acids is 1. The molecule has 1 heterocycles. The number of nitrogens with one attached hydrogen (secondary N) is 1. The fourth-order valence-electron chi connectivity index (χ4n) is 1.93. The number of rotatable bonds is 5. The highest BCUT2D eigenvalue weighted by atomic mass is 19.1. The summed E-state index contributed by atoms with van der Waals surface area (Å²) >= 11 is 0. The fourth-order valence-corrected chi connectivity index (χ4v) is 1.93. The molecule has 1 N–H and O–H groups in total. The van der Waals surface area contributed by atoms with Gasteiger partial charge in [0.1, 0.15) is 17.3 Å². The standard InChI is InChI=1S/C15H18FN3O/c1-3-4-5-13(20)18-15-14(17-10-19(15)2)11-6-8-12(16)9-7-11/h6-10H,3-5H2,1-2H3,(H,18,20). The van der Waals surface area contributed by atoms with Gasteiger partial charge in [0.05, 0.1) is 6.33 Å². The summed E-state index contributed by atoms with van der Waals surface area (Å²) in [5, 5.41) is 2.87. The Hall–Kier alpha value is -2.17. The van der Waals surface area contributed by atoms with E-state index in [1.807, 2.05) is 14.0 Å². The lowest BCUT2D eigenvalue weighted by molar-refractivity contribution is -0.116. The molecule has 5 heteroatoms. The highest BCUT2D eigenvalue weighted by Gasteiger charge is 2.13. The molecular weight excluding hydrogens is 257 g/mol. The zero-order chi connectivity index (χ0) is 14.5. The molecule has 4 nitrogen and oxygen atoms in total. The minimum absolute atomic E-state index is 0.0289. The zero-order valence-corrected chi connectivity index (χ0v) is 11.7. The van der Waals surface area contributed by atoms with Gasteiger partial charge in [0.25, 0.3) is 0 Å². The molecule has 20 heavy (non-hydrogen) atoms. The molecule has 0 saturated heterocycles. The maximum Gasteiger partial charge on any atom is 0.225 e. The number of hydrogen-bond donors (Lipinski definition) is 1. The highest BCUT2D eigenvalue weighted by Crippen LogP contribution is 2.26. The number of amides is 1. The lowest BCUT2D eigenvalue weighted by atomic mass is 10.1. The summed E-state index contributed by atoms with van der Waals surface area (Å²) in [6, 6.07) is 6.07. The first-order valence-corrected chi connectivity index (χ1v) is 6.69. The molecule has 2 rings (SSSR count). The van der Waals surface area contributed by atoms with E-state index in [1.165, 1.54) is 12.1 Å². The van der Waals surface area contributed by atoms with E-state index in [0.29, 0.717) is 17.9 Å². The van der Waals surface area contributed by atoms with Gasteiger partial charge in [-0.15, -0.1) is 0 Å². The second kappa shape index (κ2) is 6.32. The van der Waals surface area contributed by atoms with E-state index in [9.17, 15) is 9.18 Å². The summed E-state index contributed by atoms with van der Waals surface area (Å²) in [5.41, 5.74) is 1.43. The van der Waals surface area contributed by atoms with Crippen LogP contribution in [-0.2, 0) is 11.8 Å². The largest absolute Gasteiger partial charge is 0.320 e. The summed E-state index contributed by atoms with van der Waals surface area (Å²) in [4.78, 5) is 16.1. The molecule has 0 aliphatic carbocycles. The van der Waals surface area contributed by atoms with E-state index in [1.54, 1.807) is 23.0 Å². The number of anilines is 1. The van der Waals surface area contributed by atoms with Crippen molar-refractivity contribution in [2.75, 3.05) is 5.32 Å². The van der Waals surface area contributed by atoms with Crippen LogP contribution in [0.1, 0.15) is 26.2 Å². The number of imidazole rings is 1. The van der Waals surface area contributed by atoms with Crippen molar-refractivity contribution in [2.24, 2.45) is 7.05 Å². The van der Waals surface area contributed by atoms with Gasteiger partial charge in [-0.25, -0.2) is 9.37 Å². The van der Waals surface area contributed by atoms with E-state index >= 15 is 0 Å². The molecule has 0 bridgehead atoms. The maximum atomic E-state index is 13.0. The lowest BCUT2D eigenvalue weighted by Crippen LogP contribution is -2.14. The van der Waals surface area contributed by atoms with Crippen molar-refractivity contribution in [3.8, 4) is 11.3 Å². The molecule has 0 unspecified atom stereocenters. The number of benzene rings is 1. The van der Waals surface area contributed by atoms with Crippen LogP contribution in [-0.4, -0.2) is 15.5 Å². The van der Waals surface area contributed by atoms with Crippen LogP contribution in [0.25, 0.3) is 11.3 Å². The number of hydrogen-bond acceptors (Lipinski definition) is 2. The number of halogens is 1. The molecule has 0 atom stereocenters. The van der Waals surface area contributed by atoms with E-state index < -0.39 is 0 Å². The molecule has 1 amide bonds. The van der Waals surface area contributed by atoms with Gasteiger partial charge in [0.15, 0.2) is 0 Å². The zero-order valence-electron chi connectivity index (χ0n) is 11.7. The number of carbonyl (C=O) groups is 1. The minimum Gasteiger partial charge on any atom is -0.320 e. The molecule has 2 aromatic rings. The van der Waals surface area contributed by atoms with Crippen LogP contribution in [0.4, 0.5) is 10.2 Å². The van der Waals surface area contributed by atoms with Crippen molar-refractivity contribution in [2.45, 2.75) is 26.2 Å². The molecule has 0 saturated carbocycles. The van der Waals surface area contributed by atoms with E-state index in [4.69, 9.17) is 0 Å². The molecule has 1 aromatic heterocycles. The molecule has 0 aliphatic rings. The van der Waals surface area contributed by atoms with Gasteiger partial charge in [-0.2, -0.15) is 0 Å². The van der Waals surface area contributed by atoms with Crippen molar-refractivity contribution in [1.29, 1.82) is 0 Å². The Morgan fingerprint density at radius 3 is 2.70 bits per heavy atom. The van der Waals surface area contributed by atoms with Crippen LogP contribution < -0.4 is 5.32 Å². The van der Waals surface area contributed by atoms with Gasteiger partial charge in [0.2, 0.25) is 5.91 Å². The summed E-state index contributed by atoms with van der Waals surface area (Å²) in [6.07, 6.45) is 3.96. The molecule has 106 valence electrons. The third kappa shape index (κ3) is 3.23. The van der Waals surface area contributed by atoms with Gasteiger partial charge >= 0.3 is 0 Å². The lowest BCUT2D eigenvalue weighted by Gasteiger charge is -2.08.